The number of hydrogen-bond acceptors (Lipinski definition) is 5. The molecule has 2 N–H and O–H groups in total. The lowest BCUT2D eigenvalue weighted by molar-refractivity contribution is 0.0697. The Bertz CT molecular complexity index is 1350. The summed E-state index contributed by atoms with van der Waals surface area (Å²) in [7, 11) is 0. The van der Waals surface area contributed by atoms with E-state index in [0.29, 0.717) is 54.0 Å². The van der Waals surface area contributed by atoms with E-state index in [-0.39, 0.29) is 29.4 Å². The number of imidazole rings is 1. The lowest BCUT2D eigenvalue weighted by Crippen LogP contribution is -2.24. The van der Waals surface area contributed by atoms with Crippen LogP contribution in [0.25, 0.3) is 11.1 Å². The summed E-state index contributed by atoms with van der Waals surface area (Å²) >= 11 is 0. The number of allylic oxidation sites excluding steroid dienone is 2. The quantitative estimate of drug-likeness (QED) is 0.412. The van der Waals surface area contributed by atoms with Gasteiger partial charge in [0.2, 0.25) is 11.6 Å². The van der Waals surface area contributed by atoms with Crippen molar-refractivity contribution in [1.29, 1.82) is 0 Å². The summed E-state index contributed by atoms with van der Waals surface area (Å²) in [6, 6.07) is 14.4. The van der Waals surface area contributed by atoms with Crippen LogP contribution in [0.4, 0.5) is 0 Å². The van der Waals surface area contributed by atoms with Crippen LogP contribution < -0.4 is 0 Å². The number of benzene rings is 2. The number of aliphatic hydroxyl groups excluding tert-OH is 1. The lowest BCUT2D eigenvalue weighted by atomic mass is 9.88. The first-order valence-electron chi connectivity index (χ1n) is 12.3. The number of rotatable bonds is 10. The minimum absolute atomic E-state index is 0.0521. The van der Waals surface area contributed by atoms with Crippen LogP contribution in [0.3, 0.4) is 0 Å². The van der Waals surface area contributed by atoms with E-state index in [9.17, 15) is 24.6 Å². The van der Waals surface area contributed by atoms with Crippen LogP contribution in [0, 0.1) is 0 Å². The Kier molecular flexibility index (Phi) is 7.60. The highest BCUT2D eigenvalue weighted by atomic mass is 16.4. The molecule has 7 heteroatoms. The number of carbonyl (C=O) groups is 3. The first kappa shape index (κ1) is 25.3. The average Bonchev–Trinajstić information content (AvgIpc) is 3.24. The van der Waals surface area contributed by atoms with Gasteiger partial charge in [0.05, 0.1) is 5.56 Å². The molecule has 0 atom stereocenters. The molecule has 1 aliphatic carbocycles. The fraction of sp³-hybridized carbons (Fsp3) is 0.310. The van der Waals surface area contributed by atoms with Crippen molar-refractivity contribution < 1.29 is 24.6 Å². The van der Waals surface area contributed by atoms with Crippen LogP contribution in [0.5, 0.6) is 0 Å². The number of nitrogens with zero attached hydrogens (tertiary/aromatic N) is 2. The summed E-state index contributed by atoms with van der Waals surface area (Å²) in [6.07, 6.45) is 3.25. The van der Waals surface area contributed by atoms with E-state index in [2.05, 4.69) is 11.9 Å². The van der Waals surface area contributed by atoms with Crippen LogP contribution in [0.15, 0.2) is 59.7 Å². The SMILES string of the molecule is CCCCc1nc2c(n1Cc1ccc(-c3ccccc3C(=O)O)cc1)C(=O)C(CCCO)=C(C)C2=O. The zero-order valence-electron chi connectivity index (χ0n) is 20.6. The molecule has 0 unspecified atom stereocenters. The third-order valence-electron chi connectivity index (χ3n) is 6.65. The molecular weight excluding hydrogens is 456 g/mol. The molecule has 0 aliphatic heterocycles. The molecule has 0 saturated heterocycles. The molecule has 1 heterocycles. The highest BCUT2D eigenvalue weighted by Gasteiger charge is 2.35. The van der Waals surface area contributed by atoms with Gasteiger partial charge in [-0.05, 0) is 48.9 Å². The van der Waals surface area contributed by atoms with E-state index in [0.717, 1.165) is 24.0 Å². The molecule has 3 aromatic rings. The van der Waals surface area contributed by atoms with Gasteiger partial charge in [-0.2, -0.15) is 0 Å². The first-order valence-corrected chi connectivity index (χ1v) is 12.3. The first-order chi connectivity index (χ1) is 17.4. The minimum Gasteiger partial charge on any atom is -0.478 e. The number of ketones is 2. The Labute approximate surface area is 210 Å². The summed E-state index contributed by atoms with van der Waals surface area (Å²) in [4.78, 5) is 42.9. The predicted molar refractivity (Wildman–Crippen MR) is 136 cm³/mol. The standard InChI is InChI=1S/C29H30N2O5/c1-3-4-11-24-30-25-26(28(34)21(10-7-16-32)18(2)27(25)33)31(24)17-19-12-14-20(15-13-19)22-8-5-6-9-23(22)29(35)36/h5-6,8-9,12-15,32H,3-4,7,10-11,16-17H2,1-2H3,(H,35,36). The molecule has 2 aromatic carbocycles. The van der Waals surface area contributed by atoms with Gasteiger partial charge in [0.15, 0.2) is 0 Å². The molecule has 0 bridgehead atoms. The topological polar surface area (TPSA) is 109 Å². The van der Waals surface area contributed by atoms with Gasteiger partial charge >= 0.3 is 5.97 Å². The number of hydrogen-bond donors (Lipinski definition) is 2. The molecule has 0 radical (unpaired) electrons. The number of aryl methyl sites for hydroxylation is 1. The van der Waals surface area contributed by atoms with E-state index in [1.54, 1.807) is 31.2 Å². The second kappa shape index (κ2) is 10.8. The highest BCUT2D eigenvalue weighted by molar-refractivity contribution is 6.25. The lowest BCUT2D eigenvalue weighted by Gasteiger charge is -2.18. The third-order valence-corrected chi connectivity index (χ3v) is 6.65. The Hall–Kier alpha value is -3.84. The number of unbranched alkanes of at least 4 members (excludes halogenated alkanes) is 1. The number of carbonyl (C=O) groups excluding carboxylic acids is 2. The predicted octanol–water partition coefficient (Wildman–Crippen LogP) is 5.11. The van der Waals surface area contributed by atoms with Crippen molar-refractivity contribution in [2.45, 2.75) is 52.5 Å². The number of fused-ring (bicyclic) bond motifs is 1. The number of carboxylic acids is 1. The fourth-order valence-electron chi connectivity index (χ4n) is 4.66. The zero-order valence-corrected chi connectivity index (χ0v) is 20.6. The van der Waals surface area contributed by atoms with Crippen molar-refractivity contribution in [2.75, 3.05) is 6.61 Å². The Morgan fingerprint density at radius 3 is 2.36 bits per heavy atom. The number of Topliss-reactive ketones (excluding diaryl/α,β-unsaturated/α-hetero) is 2. The van der Waals surface area contributed by atoms with E-state index >= 15 is 0 Å². The number of aliphatic hydroxyl groups is 1. The van der Waals surface area contributed by atoms with Crippen molar-refractivity contribution in [1.82, 2.24) is 9.55 Å². The van der Waals surface area contributed by atoms with Gasteiger partial charge in [0.1, 0.15) is 17.2 Å². The summed E-state index contributed by atoms with van der Waals surface area (Å²) < 4.78 is 1.86. The number of aromatic carboxylic acids is 1. The summed E-state index contributed by atoms with van der Waals surface area (Å²) in [5.41, 5.74) is 3.96. The number of carboxylic acid groups (broad SMARTS) is 1. The van der Waals surface area contributed by atoms with Crippen molar-refractivity contribution in [3.63, 3.8) is 0 Å². The molecular formula is C29H30N2O5. The maximum atomic E-state index is 13.5. The van der Waals surface area contributed by atoms with Crippen LogP contribution in [-0.2, 0) is 13.0 Å². The van der Waals surface area contributed by atoms with E-state index in [1.165, 1.54) is 0 Å². The molecule has 4 rings (SSSR count). The molecule has 1 aliphatic rings. The van der Waals surface area contributed by atoms with Gasteiger partial charge in [0.25, 0.3) is 0 Å². The molecule has 36 heavy (non-hydrogen) atoms. The van der Waals surface area contributed by atoms with Gasteiger partial charge in [-0.1, -0.05) is 55.8 Å². The largest absolute Gasteiger partial charge is 0.478 e. The van der Waals surface area contributed by atoms with Gasteiger partial charge in [-0.3, -0.25) is 9.59 Å². The van der Waals surface area contributed by atoms with Crippen molar-refractivity contribution in [3.8, 4) is 11.1 Å². The van der Waals surface area contributed by atoms with Crippen molar-refractivity contribution in [3.05, 3.63) is 88.0 Å². The molecule has 0 fully saturated rings. The van der Waals surface area contributed by atoms with E-state index in [1.807, 2.05) is 28.8 Å². The monoisotopic (exact) mass is 486 g/mol. The van der Waals surface area contributed by atoms with Crippen LogP contribution in [-0.4, -0.2) is 43.9 Å². The molecule has 186 valence electrons. The smallest absolute Gasteiger partial charge is 0.336 e. The molecule has 1 aromatic heterocycles. The van der Waals surface area contributed by atoms with Crippen molar-refractivity contribution >= 4 is 17.5 Å². The maximum Gasteiger partial charge on any atom is 0.336 e. The minimum atomic E-state index is -0.983. The summed E-state index contributed by atoms with van der Waals surface area (Å²) in [5, 5.41) is 18.8. The zero-order chi connectivity index (χ0) is 25.8. The molecule has 7 nitrogen and oxygen atoms in total. The molecule has 0 spiro atoms. The van der Waals surface area contributed by atoms with Gasteiger partial charge in [0, 0.05) is 30.7 Å². The highest BCUT2D eigenvalue weighted by Crippen LogP contribution is 2.31. The normalized spacial score (nSPS) is 13.3. The van der Waals surface area contributed by atoms with Crippen molar-refractivity contribution in [2.24, 2.45) is 0 Å². The van der Waals surface area contributed by atoms with Crippen LogP contribution in [0.1, 0.15) is 82.3 Å². The third kappa shape index (κ3) is 4.79. The van der Waals surface area contributed by atoms with E-state index in [4.69, 9.17) is 0 Å². The van der Waals surface area contributed by atoms with Crippen LogP contribution in [0.2, 0.25) is 0 Å². The second-order valence-corrected chi connectivity index (χ2v) is 9.05. The van der Waals surface area contributed by atoms with Gasteiger partial charge < -0.3 is 14.8 Å². The molecule has 0 saturated carbocycles. The second-order valence-electron chi connectivity index (χ2n) is 9.05. The van der Waals surface area contributed by atoms with E-state index < -0.39 is 5.97 Å². The Morgan fingerprint density at radius 2 is 1.69 bits per heavy atom. The van der Waals surface area contributed by atoms with Crippen LogP contribution >= 0.6 is 0 Å². The number of aromatic nitrogens is 2. The van der Waals surface area contributed by atoms with Gasteiger partial charge in [-0.25, -0.2) is 9.78 Å². The summed E-state index contributed by atoms with van der Waals surface area (Å²) in [6.45, 7) is 4.06. The maximum absolute atomic E-state index is 13.5. The Morgan fingerprint density at radius 1 is 0.972 bits per heavy atom. The van der Waals surface area contributed by atoms with Gasteiger partial charge in [-0.15, -0.1) is 0 Å². The molecule has 0 amide bonds. The average molecular weight is 487 g/mol. The summed E-state index contributed by atoms with van der Waals surface area (Å²) in [5.74, 6) is -0.698. The Balaban J connectivity index is 1.71. The fourth-order valence-corrected chi connectivity index (χ4v) is 4.66.